The van der Waals surface area contributed by atoms with Crippen molar-refractivity contribution in [2.45, 2.75) is 20.8 Å². The maximum absolute atomic E-state index is 13.0. The zero-order valence-electron chi connectivity index (χ0n) is 17.9. The summed E-state index contributed by atoms with van der Waals surface area (Å²) in [4.78, 5) is 30.8. The largest absolute Gasteiger partial charge is 0.490 e. The number of aliphatic imine (C=N–C) groups is 1. The van der Waals surface area contributed by atoms with Crippen molar-refractivity contribution in [2.24, 2.45) is 4.99 Å². The van der Waals surface area contributed by atoms with Gasteiger partial charge in [-0.05, 0) is 74.5 Å². The highest BCUT2D eigenvalue weighted by Crippen LogP contribution is 2.38. The molecule has 3 rings (SSSR count). The van der Waals surface area contributed by atoms with E-state index in [-0.39, 0.29) is 11.5 Å². The predicted octanol–water partition coefficient (Wildman–Crippen LogP) is 5.57. The van der Waals surface area contributed by atoms with Crippen molar-refractivity contribution >= 4 is 56.5 Å². The van der Waals surface area contributed by atoms with Crippen molar-refractivity contribution in [2.75, 3.05) is 19.8 Å². The van der Waals surface area contributed by atoms with Gasteiger partial charge in [0.05, 0.1) is 29.4 Å². The first-order valence-corrected chi connectivity index (χ1v) is 11.7. The Bertz CT molecular complexity index is 1100. The molecule has 1 fully saturated rings. The van der Waals surface area contributed by atoms with Gasteiger partial charge in [-0.3, -0.25) is 9.69 Å². The molecule has 1 saturated heterocycles. The molecule has 0 bridgehead atoms. The number of hydrogen-bond donors (Lipinski definition) is 1. The molecule has 2 aromatic rings. The third-order valence-corrected chi connectivity index (χ3v) is 6.16. The molecule has 168 valence electrons. The maximum Gasteiger partial charge on any atom is 0.335 e. The Morgan fingerprint density at radius 3 is 2.47 bits per heavy atom. The number of benzene rings is 2. The van der Waals surface area contributed by atoms with Gasteiger partial charge >= 0.3 is 5.97 Å². The molecular weight excluding hydrogens is 496 g/mol. The molecule has 1 amide bonds. The summed E-state index contributed by atoms with van der Waals surface area (Å²) in [7, 11) is 0. The normalized spacial score (nSPS) is 16.1. The SMILES string of the molecule is CCOc1cc(Br)c(C=C2SC(=Nc3cccc(C(=O)O)c3)N(CC)C2=O)cc1OCC. The van der Waals surface area contributed by atoms with Gasteiger partial charge in [0.25, 0.3) is 5.91 Å². The van der Waals surface area contributed by atoms with E-state index in [2.05, 4.69) is 20.9 Å². The first-order valence-electron chi connectivity index (χ1n) is 10.1. The molecule has 1 aliphatic heterocycles. The van der Waals surface area contributed by atoms with E-state index in [4.69, 9.17) is 9.47 Å². The van der Waals surface area contributed by atoms with E-state index in [1.165, 1.54) is 23.9 Å². The summed E-state index contributed by atoms with van der Waals surface area (Å²) in [6, 6.07) is 9.98. The molecule has 0 atom stereocenters. The number of thioether (sulfide) groups is 1. The van der Waals surface area contributed by atoms with Crippen molar-refractivity contribution in [3.05, 3.63) is 56.9 Å². The van der Waals surface area contributed by atoms with E-state index in [1.807, 2.05) is 32.9 Å². The molecule has 0 saturated carbocycles. The maximum atomic E-state index is 13.0. The van der Waals surface area contributed by atoms with Gasteiger partial charge in [-0.15, -0.1) is 0 Å². The minimum absolute atomic E-state index is 0.141. The lowest BCUT2D eigenvalue weighted by atomic mass is 10.2. The zero-order valence-corrected chi connectivity index (χ0v) is 20.3. The standard InChI is InChI=1S/C23H23BrN2O5S/c1-4-26-21(27)20(32-23(26)25-16-9-7-8-14(10-16)22(28)29)12-15-11-18(30-5-2)19(31-6-3)13-17(15)24/h7-13H,4-6H2,1-3H3,(H,28,29). The van der Waals surface area contributed by atoms with Crippen LogP contribution in [0, 0.1) is 0 Å². The van der Waals surface area contributed by atoms with E-state index >= 15 is 0 Å². The summed E-state index contributed by atoms with van der Waals surface area (Å²) in [6.45, 7) is 7.10. The number of carbonyl (C=O) groups is 2. The number of carboxylic acid groups (broad SMARTS) is 1. The number of carboxylic acids is 1. The molecule has 1 heterocycles. The number of amidine groups is 1. The van der Waals surface area contributed by atoms with Crippen molar-refractivity contribution in [1.29, 1.82) is 0 Å². The lowest BCUT2D eigenvalue weighted by molar-refractivity contribution is -0.122. The van der Waals surface area contributed by atoms with Crippen LogP contribution in [-0.2, 0) is 4.79 Å². The monoisotopic (exact) mass is 518 g/mol. The molecule has 9 heteroatoms. The summed E-state index contributed by atoms with van der Waals surface area (Å²) >= 11 is 4.80. The first-order chi connectivity index (χ1) is 15.4. The van der Waals surface area contributed by atoms with Crippen LogP contribution in [0.2, 0.25) is 0 Å². The second kappa shape index (κ2) is 10.7. The molecule has 0 spiro atoms. The Morgan fingerprint density at radius 1 is 1.16 bits per heavy atom. The quantitative estimate of drug-likeness (QED) is 0.459. The topological polar surface area (TPSA) is 88.4 Å². The number of carbonyl (C=O) groups excluding carboxylic acids is 1. The number of rotatable bonds is 8. The number of aromatic carboxylic acids is 1. The Kier molecular flexibility index (Phi) is 7.98. The van der Waals surface area contributed by atoms with Gasteiger partial charge in [-0.2, -0.15) is 0 Å². The number of nitrogens with zero attached hydrogens (tertiary/aromatic N) is 2. The Labute approximate surface area is 199 Å². The predicted molar refractivity (Wildman–Crippen MR) is 130 cm³/mol. The molecule has 0 radical (unpaired) electrons. The Morgan fingerprint density at radius 2 is 1.84 bits per heavy atom. The van der Waals surface area contributed by atoms with Crippen molar-refractivity contribution in [3.63, 3.8) is 0 Å². The fourth-order valence-electron chi connectivity index (χ4n) is 3.03. The van der Waals surface area contributed by atoms with Crippen LogP contribution in [0.4, 0.5) is 5.69 Å². The highest BCUT2D eigenvalue weighted by molar-refractivity contribution is 9.10. The van der Waals surface area contributed by atoms with Crippen LogP contribution in [0.5, 0.6) is 11.5 Å². The second-order valence-corrected chi connectivity index (χ2v) is 8.46. The van der Waals surface area contributed by atoms with Crippen LogP contribution >= 0.6 is 27.7 Å². The van der Waals surface area contributed by atoms with Crippen LogP contribution in [-0.4, -0.2) is 46.8 Å². The van der Waals surface area contributed by atoms with Gasteiger partial charge in [-0.25, -0.2) is 9.79 Å². The molecule has 1 aliphatic rings. The average Bonchev–Trinajstić information content (AvgIpc) is 3.05. The van der Waals surface area contributed by atoms with E-state index in [0.717, 1.165) is 10.0 Å². The van der Waals surface area contributed by atoms with E-state index < -0.39 is 5.97 Å². The van der Waals surface area contributed by atoms with Gasteiger partial charge < -0.3 is 14.6 Å². The molecule has 0 aromatic heterocycles. The van der Waals surface area contributed by atoms with Gasteiger partial charge in [0.15, 0.2) is 16.7 Å². The highest BCUT2D eigenvalue weighted by atomic mass is 79.9. The van der Waals surface area contributed by atoms with E-state index in [9.17, 15) is 14.7 Å². The summed E-state index contributed by atoms with van der Waals surface area (Å²) in [6.07, 6.45) is 1.79. The molecule has 1 N–H and O–H groups in total. The molecule has 32 heavy (non-hydrogen) atoms. The smallest absolute Gasteiger partial charge is 0.335 e. The van der Waals surface area contributed by atoms with Crippen LogP contribution in [0.3, 0.4) is 0 Å². The van der Waals surface area contributed by atoms with Crippen LogP contribution in [0.15, 0.2) is 50.8 Å². The lowest BCUT2D eigenvalue weighted by Gasteiger charge is -2.13. The van der Waals surface area contributed by atoms with Gasteiger partial charge in [0, 0.05) is 11.0 Å². The number of amides is 1. The van der Waals surface area contributed by atoms with Gasteiger partial charge in [0.2, 0.25) is 0 Å². The molecular formula is C23H23BrN2O5S. The fraction of sp³-hybridized carbons (Fsp3) is 0.261. The number of hydrogen-bond acceptors (Lipinski definition) is 6. The van der Waals surface area contributed by atoms with Crippen LogP contribution in [0.1, 0.15) is 36.7 Å². The van der Waals surface area contributed by atoms with Crippen LogP contribution in [0.25, 0.3) is 6.08 Å². The summed E-state index contributed by atoms with van der Waals surface area (Å²) in [5, 5.41) is 9.70. The summed E-state index contributed by atoms with van der Waals surface area (Å²) < 4.78 is 12.1. The molecule has 0 unspecified atom stereocenters. The number of likely N-dealkylation sites (N-methyl/N-ethyl adjacent to an activating group) is 1. The van der Waals surface area contributed by atoms with Gasteiger partial charge in [-0.1, -0.05) is 22.0 Å². The van der Waals surface area contributed by atoms with Crippen molar-refractivity contribution in [1.82, 2.24) is 4.90 Å². The Balaban J connectivity index is 1.97. The minimum atomic E-state index is -1.03. The highest BCUT2D eigenvalue weighted by Gasteiger charge is 2.32. The fourth-order valence-corrected chi connectivity index (χ4v) is 4.52. The van der Waals surface area contributed by atoms with Crippen molar-refractivity contribution in [3.8, 4) is 11.5 Å². The summed E-state index contributed by atoms with van der Waals surface area (Å²) in [5.41, 5.74) is 1.39. The number of ether oxygens (including phenoxy) is 2. The van der Waals surface area contributed by atoms with Crippen molar-refractivity contribution < 1.29 is 24.2 Å². The zero-order chi connectivity index (χ0) is 23.3. The van der Waals surface area contributed by atoms with E-state index in [0.29, 0.717) is 47.0 Å². The Hall–Kier alpha value is -2.78. The first kappa shape index (κ1) is 23.9. The third-order valence-electron chi connectivity index (χ3n) is 4.47. The average molecular weight is 519 g/mol. The number of halogens is 1. The lowest BCUT2D eigenvalue weighted by Crippen LogP contribution is -2.28. The minimum Gasteiger partial charge on any atom is -0.490 e. The van der Waals surface area contributed by atoms with E-state index in [1.54, 1.807) is 23.1 Å². The van der Waals surface area contributed by atoms with Gasteiger partial charge in [0.1, 0.15) is 0 Å². The second-order valence-electron chi connectivity index (χ2n) is 6.60. The third kappa shape index (κ3) is 5.34. The molecule has 2 aromatic carbocycles. The summed E-state index contributed by atoms with van der Waals surface area (Å²) in [5.74, 6) is 0.0427. The van der Waals surface area contributed by atoms with Crippen LogP contribution < -0.4 is 9.47 Å². The molecule has 7 nitrogen and oxygen atoms in total. The molecule has 0 aliphatic carbocycles.